The molecule has 0 spiro atoms. The van der Waals surface area contributed by atoms with Crippen LogP contribution >= 0.6 is 0 Å². The zero-order chi connectivity index (χ0) is 18.1. The van der Waals surface area contributed by atoms with E-state index < -0.39 is 0 Å². The molecule has 0 radical (unpaired) electrons. The molecule has 0 bridgehead atoms. The van der Waals surface area contributed by atoms with E-state index in [1.165, 1.54) is 0 Å². The normalized spacial score (nSPS) is 17.1. The Kier molecular flexibility index (Phi) is 4.16. The van der Waals surface area contributed by atoms with Crippen LogP contribution in [0, 0.1) is 5.92 Å². The number of benzene rings is 2. The summed E-state index contributed by atoms with van der Waals surface area (Å²) in [6, 6.07) is 13.5. The molecule has 1 unspecified atom stereocenters. The maximum atomic E-state index is 11.4. The van der Waals surface area contributed by atoms with Gasteiger partial charge in [-0.2, -0.15) is 5.10 Å². The number of hydrogen-bond donors (Lipinski definition) is 1. The average Bonchev–Trinajstić information content (AvgIpc) is 3.06. The van der Waals surface area contributed by atoms with Crippen LogP contribution in [0.1, 0.15) is 25.8 Å². The Hall–Kier alpha value is -3.15. The molecular formula is C20H19N3O3. The molecule has 6 heteroatoms. The Morgan fingerprint density at radius 1 is 1.19 bits per heavy atom. The summed E-state index contributed by atoms with van der Waals surface area (Å²) in [6.45, 7) is 4.58. The first-order valence-corrected chi connectivity index (χ1v) is 8.64. The summed E-state index contributed by atoms with van der Waals surface area (Å²) in [7, 11) is 0. The topological polar surface area (TPSA) is 76.7 Å². The highest BCUT2D eigenvalue weighted by Crippen LogP contribution is 2.27. The van der Waals surface area contributed by atoms with Crippen LogP contribution in [0.3, 0.4) is 0 Å². The van der Waals surface area contributed by atoms with Gasteiger partial charge in [0.15, 0.2) is 5.58 Å². The van der Waals surface area contributed by atoms with Crippen molar-refractivity contribution in [3.63, 3.8) is 0 Å². The molecule has 132 valence electrons. The quantitative estimate of drug-likeness (QED) is 0.778. The van der Waals surface area contributed by atoms with Crippen LogP contribution in [0.15, 0.2) is 52.0 Å². The number of rotatable bonds is 4. The van der Waals surface area contributed by atoms with E-state index in [4.69, 9.17) is 9.15 Å². The predicted octanol–water partition coefficient (Wildman–Crippen LogP) is 3.75. The molecule has 1 atom stereocenters. The summed E-state index contributed by atoms with van der Waals surface area (Å²) in [6.07, 6.45) is 0.435. The molecule has 1 aliphatic heterocycles. The van der Waals surface area contributed by atoms with Gasteiger partial charge in [-0.25, -0.2) is 10.4 Å². The fourth-order valence-corrected chi connectivity index (χ4v) is 3.07. The summed E-state index contributed by atoms with van der Waals surface area (Å²) in [5.74, 6) is 1.39. The van der Waals surface area contributed by atoms with E-state index in [1.807, 2.05) is 56.3 Å². The largest absolute Gasteiger partial charge is 0.494 e. The number of carbonyl (C=O) groups excluding carboxylic acids is 1. The van der Waals surface area contributed by atoms with Crippen LogP contribution in [-0.4, -0.2) is 23.2 Å². The van der Waals surface area contributed by atoms with Crippen molar-refractivity contribution in [1.29, 1.82) is 0 Å². The molecule has 0 saturated heterocycles. The average molecular weight is 349 g/mol. The van der Waals surface area contributed by atoms with Crippen molar-refractivity contribution in [3.05, 3.63) is 48.0 Å². The Labute approximate surface area is 150 Å². The Morgan fingerprint density at radius 2 is 1.96 bits per heavy atom. The number of fused-ring (bicyclic) bond motifs is 1. The van der Waals surface area contributed by atoms with E-state index in [0.717, 1.165) is 28.1 Å². The summed E-state index contributed by atoms with van der Waals surface area (Å²) in [4.78, 5) is 16.0. The molecule has 26 heavy (non-hydrogen) atoms. The van der Waals surface area contributed by atoms with Crippen molar-refractivity contribution >= 4 is 22.7 Å². The molecule has 2 aromatic carbocycles. The van der Waals surface area contributed by atoms with E-state index in [2.05, 4.69) is 15.5 Å². The lowest BCUT2D eigenvalue weighted by Gasteiger charge is -2.18. The van der Waals surface area contributed by atoms with Crippen LogP contribution in [0.5, 0.6) is 5.75 Å². The van der Waals surface area contributed by atoms with Crippen molar-refractivity contribution in [2.45, 2.75) is 20.3 Å². The van der Waals surface area contributed by atoms with Gasteiger partial charge in [-0.15, -0.1) is 0 Å². The Bertz CT molecular complexity index is 989. The molecule has 3 aromatic rings. The van der Waals surface area contributed by atoms with Gasteiger partial charge in [-0.3, -0.25) is 4.79 Å². The number of ether oxygens (including phenoxy) is 1. The second-order valence-electron chi connectivity index (χ2n) is 6.30. The zero-order valence-electron chi connectivity index (χ0n) is 14.7. The summed E-state index contributed by atoms with van der Waals surface area (Å²) in [5, 5.41) is 4.20. The number of carbonyl (C=O) groups is 1. The van der Waals surface area contributed by atoms with Gasteiger partial charge in [-0.05, 0) is 43.3 Å². The number of nitrogens with one attached hydrogen (secondary N) is 1. The molecule has 1 aliphatic rings. The van der Waals surface area contributed by atoms with E-state index in [0.29, 0.717) is 24.5 Å². The Balaban J connectivity index is 1.67. The predicted molar refractivity (Wildman–Crippen MR) is 99.1 cm³/mol. The molecule has 1 aromatic heterocycles. The van der Waals surface area contributed by atoms with Crippen LogP contribution in [0.25, 0.3) is 22.6 Å². The van der Waals surface area contributed by atoms with E-state index in [9.17, 15) is 4.79 Å². The van der Waals surface area contributed by atoms with Gasteiger partial charge in [0.1, 0.15) is 11.3 Å². The molecule has 6 nitrogen and oxygen atoms in total. The van der Waals surface area contributed by atoms with Gasteiger partial charge < -0.3 is 9.15 Å². The molecule has 0 saturated carbocycles. The highest BCUT2D eigenvalue weighted by molar-refractivity contribution is 6.07. The smallest absolute Gasteiger partial charge is 0.240 e. The van der Waals surface area contributed by atoms with Crippen LogP contribution < -0.4 is 10.2 Å². The minimum Gasteiger partial charge on any atom is -0.494 e. The van der Waals surface area contributed by atoms with E-state index in [1.54, 1.807) is 0 Å². The van der Waals surface area contributed by atoms with Crippen LogP contribution in [-0.2, 0) is 4.79 Å². The highest BCUT2D eigenvalue weighted by atomic mass is 16.5. The highest BCUT2D eigenvalue weighted by Gasteiger charge is 2.22. The van der Waals surface area contributed by atoms with Crippen molar-refractivity contribution < 1.29 is 13.9 Å². The lowest BCUT2D eigenvalue weighted by Crippen LogP contribution is -2.31. The zero-order valence-corrected chi connectivity index (χ0v) is 14.7. The van der Waals surface area contributed by atoms with Gasteiger partial charge in [0.25, 0.3) is 0 Å². The first-order valence-electron chi connectivity index (χ1n) is 8.64. The number of nitrogens with zero attached hydrogens (tertiary/aromatic N) is 2. The number of hydrazone groups is 1. The van der Waals surface area contributed by atoms with E-state index in [-0.39, 0.29) is 11.8 Å². The molecule has 2 heterocycles. The fraction of sp³-hybridized carbons (Fsp3) is 0.250. The van der Waals surface area contributed by atoms with Gasteiger partial charge in [0, 0.05) is 23.5 Å². The van der Waals surface area contributed by atoms with Gasteiger partial charge >= 0.3 is 0 Å². The van der Waals surface area contributed by atoms with Gasteiger partial charge in [0.2, 0.25) is 11.8 Å². The molecule has 0 fully saturated rings. The maximum absolute atomic E-state index is 11.4. The first-order chi connectivity index (χ1) is 12.6. The SMILES string of the molecule is CCOc1ccc(-c2nc3ccc(C4=NNC(=O)CC4C)cc3o2)cc1. The minimum atomic E-state index is -0.0558. The second-order valence-corrected chi connectivity index (χ2v) is 6.30. The number of hydrogen-bond acceptors (Lipinski definition) is 5. The van der Waals surface area contributed by atoms with Crippen LogP contribution in [0.4, 0.5) is 0 Å². The molecule has 0 aliphatic carbocycles. The molecule has 1 N–H and O–H groups in total. The third kappa shape index (κ3) is 3.06. The van der Waals surface area contributed by atoms with Crippen molar-refractivity contribution in [2.24, 2.45) is 11.0 Å². The summed E-state index contributed by atoms with van der Waals surface area (Å²) < 4.78 is 11.4. The lowest BCUT2D eigenvalue weighted by atomic mass is 9.94. The van der Waals surface area contributed by atoms with Crippen molar-refractivity contribution in [3.8, 4) is 17.2 Å². The molecular weight excluding hydrogens is 330 g/mol. The summed E-state index contributed by atoms with van der Waals surface area (Å²) >= 11 is 0. The van der Waals surface area contributed by atoms with Gasteiger partial charge in [0.05, 0.1) is 12.3 Å². The lowest BCUT2D eigenvalue weighted by molar-refractivity contribution is -0.121. The number of oxazole rings is 1. The molecule has 1 amide bonds. The van der Waals surface area contributed by atoms with Crippen molar-refractivity contribution in [1.82, 2.24) is 10.4 Å². The number of aromatic nitrogens is 1. The minimum absolute atomic E-state index is 0.0558. The first kappa shape index (κ1) is 16.3. The standard InChI is InChI=1S/C20H19N3O3/c1-3-25-15-7-4-13(5-8-15)20-21-16-9-6-14(11-17(16)26-20)19-12(2)10-18(24)22-23-19/h4-9,11-12H,3,10H2,1-2H3,(H,22,24). The third-order valence-corrected chi connectivity index (χ3v) is 4.36. The third-order valence-electron chi connectivity index (χ3n) is 4.36. The monoisotopic (exact) mass is 349 g/mol. The fourth-order valence-electron chi connectivity index (χ4n) is 3.07. The second kappa shape index (κ2) is 6.63. The molecule has 4 rings (SSSR count). The number of amides is 1. The van der Waals surface area contributed by atoms with Gasteiger partial charge in [-0.1, -0.05) is 13.0 Å². The van der Waals surface area contributed by atoms with Crippen LogP contribution in [0.2, 0.25) is 0 Å². The van der Waals surface area contributed by atoms with Crippen molar-refractivity contribution in [2.75, 3.05) is 6.61 Å². The maximum Gasteiger partial charge on any atom is 0.240 e. The van der Waals surface area contributed by atoms with E-state index >= 15 is 0 Å². The summed E-state index contributed by atoms with van der Waals surface area (Å²) in [5.41, 5.74) is 6.70. The Morgan fingerprint density at radius 3 is 2.69 bits per heavy atom.